The lowest BCUT2D eigenvalue weighted by atomic mass is 9.90. The van der Waals surface area contributed by atoms with Crippen LogP contribution < -0.4 is 10.6 Å². The first-order valence-corrected chi connectivity index (χ1v) is 9.36. The molecule has 0 saturated heterocycles. The van der Waals surface area contributed by atoms with E-state index in [-0.39, 0.29) is 17.9 Å². The molecule has 0 aromatic heterocycles. The van der Waals surface area contributed by atoms with Gasteiger partial charge >= 0.3 is 0 Å². The number of hydrogen-bond acceptors (Lipinski definition) is 2. The molecule has 2 amide bonds. The Morgan fingerprint density at radius 2 is 1.21 bits per heavy atom. The average Bonchev–Trinajstić information content (AvgIpc) is 2.70. The van der Waals surface area contributed by atoms with Crippen molar-refractivity contribution in [2.45, 2.75) is 25.8 Å². The molecule has 3 aromatic rings. The van der Waals surface area contributed by atoms with Gasteiger partial charge in [-0.1, -0.05) is 60.7 Å². The Hall–Kier alpha value is -3.40. The molecule has 0 fully saturated rings. The lowest BCUT2D eigenvalue weighted by Crippen LogP contribution is -2.30. The summed E-state index contributed by atoms with van der Waals surface area (Å²) in [6.07, 6.45) is 0. The van der Waals surface area contributed by atoms with Gasteiger partial charge in [-0.25, -0.2) is 0 Å². The first kappa shape index (κ1) is 19.4. The van der Waals surface area contributed by atoms with Crippen LogP contribution in [0.15, 0.2) is 84.9 Å². The maximum atomic E-state index is 13.1. The number of rotatable bonds is 6. The summed E-state index contributed by atoms with van der Waals surface area (Å²) in [5.74, 6) is -0.651. The van der Waals surface area contributed by atoms with Gasteiger partial charge in [0.15, 0.2) is 0 Å². The summed E-state index contributed by atoms with van der Waals surface area (Å²) in [7, 11) is 0. The molecular formula is C24H24N2O2. The van der Waals surface area contributed by atoms with E-state index in [1.807, 2.05) is 74.5 Å². The van der Waals surface area contributed by atoms with E-state index >= 15 is 0 Å². The molecule has 0 bridgehead atoms. The van der Waals surface area contributed by atoms with Crippen LogP contribution in [-0.4, -0.2) is 17.9 Å². The Bertz CT molecular complexity index is 880. The van der Waals surface area contributed by atoms with Gasteiger partial charge in [-0.15, -0.1) is 0 Å². The monoisotopic (exact) mass is 372 g/mol. The van der Waals surface area contributed by atoms with Gasteiger partial charge in [-0.05, 0) is 49.2 Å². The predicted octanol–water partition coefficient (Wildman–Crippen LogP) is 4.60. The van der Waals surface area contributed by atoms with Crippen LogP contribution in [0.5, 0.6) is 0 Å². The Morgan fingerprint density at radius 3 is 1.68 bits per heavy atom. The molecule has 28 heavy (non-hydrogen) atoms. The Labute approximate surface area is 165 Å². The van der Waals surface area contributed by atoms with Crippen LogP contribution in [0.1, 0.15) is 41.3 Å². The zero-order chi connectivity index (χ0) is 19.9. The van der Waals surface area contributed by atoms with Gasteiger partial charge in [0.25, 0.3) is 5.91 Å². The van der Waals surface area contributed by atoms with E-state index in [0.717, 1.165) is 11.1 Å². The number of nitrogens with one attached hydrogen (secondary N) is 2. The average molecular weight is 372 g/mol. The van der Waals surface area contributed by atoms with E-state index in [0.29, 0.717) is 11.3 Å². The highest BCUT2D eigenvalue weighted by Crippen LogP contribution is 2.26. The zero-order valence-electron chi connectivity index (χ0n) is 16.1. The second-order valence-corrected chi connectivity index (χ2v) is 6.95. The van der Waals surface area contributed by atoms with Gasteiger partial charge in [0.2, 0.25) is 5.91 Å². The summed E-state index contributed by atoms with van der Waals surface area (Å²) >= 11 is 0. The fraction of sp³-hybridized carbons (Fsp3) is 0.167. The maximum Gasteiger partial charge on any atom is 0.251 e. The Kier molecular flexibility index (Phi) is 6.22. The van der Waals surface area contributed by atoms with Gasteiger partial charge in [0.1, 0.15) is 0 Å². The zero-order valence-corrected chi connectivity index (χ0v) is 16.1. The SMILES string of the molecule is CC(C)NC(=O)c1ccc(NC(=O)C(c2ccccc2)c2ccccc2)cc1. The number of benzene rings is 3. The topological polar surface area (TPSA) is 58.2 Å². The number of carbonyl (C=O) groups excluding carboxylic acids is 2. The molecule has 4 nitrogen and oxygen atoms in total. The van der Waals surface area contributed by atoms with E-state index in [4.69, 9.17) is 0 Å². The molecule has 0 unspecified atom stereocenters. The summed E-state index contributed by atoms with van der Waals surface area (Å²) in [6, 6.07) is 26.4. The summed E-state index contributed by atoms with van der Waals surface area (Å²) < 4.78 is 0. The van der Waals surface area contributed by atoms with Gasteiger partial charge in [-0.3, -0.25) is 9.59 Å². The van der Waals surface area contributed by atoms with Crippen LogP contribution in [0.25, 0.3) is 0 Å². The summed E-state index contributed by atoms with van der Waals surface area (Å²) in [5, 5.41) is 5.83. The van der Waals surface area contributed by atoms with Crippen LogP contribution in [-0.2, 0) is 4.79 Å². The molecule has 0 aliphatic rings. The van der Waals surface area contributed by atoms with Crippen LogP contribution in [0.4, 0.5) is 5.69 Å². The molecule has 0 aliphatic carbocycles. The molecule has 0 heterocycles. The number of hydrogen-bond donors (Lipinski definition) is 2. The molecule has 3 aromatic carbocycles. The van der Waals surface area contributed by atoms with E-state index in [9.17, 15) is 9.59 Å². The van der Waals surface area contributed by atoms with Crippen molar-refractivity contribution in [3.8, 4) is 0 Å². The molecule has 0 spiro atoms. The molecule has 3 rings (SSSR count). The quantitative estimate of drug-likeness (QED) is 0.665. The first-order chi connectivity index (χ1) is 13.5. The lowest BCUT2D eigenvalue weighted by molar-refractivity contribution is -0.116. The standard InChI is InChI=1S/C24H24N2O2/c1-17(2)25-23(27)20-13-15-21(16-14-20)26-24(28)22(18-9-5-3-6-10-18)19-11-7-4-8-12-19/h3-17,22H,1-2H3,(H,25,27)(H,26,28). The summed E-state index contributed by atoms with van der Waals surface area (Å²) in [4.78, 5) is 25.2. The van der Waals surface area contributed by atoms with Crippen molar-refractivity contribution in [3.63, 3.8) is 0 Å². The molecule has 0 aliphatic heterocycles. The molecule has 2 N–H and O–H groups in total. The third-order valence-electron chi connectivity index (χ3n) is 4.36. The third-order valence-corrected chi connectivity index (χ3v) is 4.36. The van der Waals surface area contributed by atoms with Crippen LogP contribution >= 0.6 is 0 Å². The van der Waals surface area contributed by atoms with Gasteiger partial charge in [-0.2, -0.15) is 0 Å². The maximum absolute atomic E-state index is 13.1. The van der Waals surface area contributed by atoms with Gasteiger partial charge in [0, 0.05) is 17.3 Å². The second-order valence-electron chi connectivity index (χ2n) is 6.95. The molecule has 0 atom stereocenters. The molecule has 142 valence electrons. The number of carbonyl (C=O) groups is 2. The van der Waals surface area contributed by atoms with Crippen molar-refractivity contribution in [1.29, 1.82) is 0 Å². The van der Waals surface area contributed by atoms with E-state index in [2.05, 4.69) is 10.6 Å². The van der Waals surface area contributed by atoms with Crippen molar-refractivity contribution in [1.82, 2.24) is 5.32 Å². The molecule has 0 radical (unpaired) electrons. The van der Waals surface area contributed by atoms with Crippen LogP contribution in [0.3, 0.4) is 0 Å². The largest absolute Gasteiger partial charge is 0.350 e. The van der Waals surface area contributed by atoms with Crippen molar-refractivity contribution < 1.29 is 9.59 Å². The third kappa shape index (κ3) is 4.86. The van der Waals surface area contributed by atoms with Gasteiger partial charge < -0.3 is 10.6 Å². The Balaban J connectivity index is 1.80. The van der Waals surface area contributed by atoms with Crippen LogP contribution in [0, 0.1) is 0 Å². The van der Waals surface area contributed by atoms with Crippen molar-refractivity contribution >= 4 is 17.5 Å². The van der Waals surface area contributed by atoms with Crippen molar-refractivity contribution in [3.05, 3.63) is 102 Å². The minimum Gasteiger partial charge on any atom is -0.350 e. The number of anilines is 1. The fourth-order valence-corrected chi connectivity index (χ4v) is 3.05. The van der Waals surface area contributed by atoms with Crippen molar-refractivity contribution in [2.24, 2.45) is 0 Å². The van der Waals surface area contributed by atoms with Crippen molar-refractivity contribution in [2.75, 3.05) is 5.32 Å². The van der Waals surface area contributed by atoms with E-state index in [1.165, 1.54) is 0 Å². The normalized spacial score (nSPS) is 10.7. The van der Waals surface area contributed by atoms with E-state index in [1.54, 1.807) is 24.3 Å². The fourth-order valence-electron chi connectivity index (χ4n) is 3.05. The first-order valence-electron chi connectivity index (χ1n) is 9.36. The number of amides is 2. The smallest absolute Gasteiger partial charge is 0.251 e. The predicted molar refractivity (Wildman–Crippen MR) is 112 cm³/mol. The summed E-state index contributed by atoms with van der Waals surface area (Å²) in [5.41, 5.74) is 3.08. The van der Waals surface area contributed by atoms with Crippen LogP contribution in [0.2, 0.25) is 0 Å². The highest BCUT2D eigenvalue weighted by atomic mass is 16.2. The second kappa shape index (κ2) is 9.00. The van der Waals surface area contributed by atoms with Gasteiger partial charge in [0.05, 0.1) is 5.92 Å². The molecular weight excluding hydrogens is 348 g/mol. The highest BCUT2D eigenvalue weighted by molar-refractivity contribution is 5.99. The molecule has 4 heteroatoms. The highest BCUT2D eigenvalue weighted by Gasteiger charge is 2.22. The molecule has 0 saturated carbocycles. The lowest BCUT2D eigenvalue weighted by Gasteiger charge is -2.18. The Morgan fingerprint density at radius 1 is 0.714 bits per heavy atom. The summed E-state index contributed by atoms with van der Waals surface area (Å²) in [6.45, 7) is 3.83. The minimum atomic E-state index is -0.411. The van der Waals surface area contributed by atoms with E-state index < -0.39 is 5.92 Å². The minimum absolute atomic E-state index is 0.0735.